The third-order valence-corrected chi connectivity index (χ3v) is 5.15. The van der Waals surface area contributed by atoms with Gasteiger partial charge in [0.15, 0.2) is 0 Å². The van der Waals surface area contributed by atoms with Gasteiger partial charge in [-0.2, -0.15) is 0 Å². The summed E-state index contributed by atoms with van der Waals surface area (Å²) in [6.07, 6.45) is 0.595. The maximum absolute atomic E-state index is 12.5. The van der Waals surface area contributed by atoms with Crippen molar-refractivity contribution in [3.8, 4) is 22.9 Å². The highest BCUT2D eigenvalue weighted by Crippen LogP contribution is 2.29. The van der Waals surface area contributed by atoms with E-state index < -0.39 is 0 Å². The number of aromatic hydroxyl groups is 2. The molecule has 3 aromatic rings. The van der Waals surface area contributed by atoms with E-state index >= 15 is 0 Å². The van der Waals surface area contributed by atoms with Crippen LogP contribution in [-0.4, -0.2) is 31.6 Å². The molecule has 4 rings (SSSR count). The van der Waals surface area contributed by atoms with Gasteiger partial charge in [0.25, 0.3) is 5.56 Å². The molecule has 0 radical (unpaired) electrons. The largest absolute Gasteiger partial charge is 0.508 e. The number of hydrogen-bond donors (Lipinski definition) is 4. The number of hydrogen-bond acceptors (Lipinski definition) is 6. The molecule has 5 N–H and O–H groups in total. The molecule has 0 atom stereocenters. The van der Waals surface area contributed by atoms with E-state index in [2.05, 4.69) is 14.9 Å². The van der Waals surface area contributed by atoms with Gasteiger partial charge in [0.05, 0.1) is 5.69 Å². The monoisotopic (exact) mass is 378 g/mol. The first-order valence-electron chi connectivity index (χ1n) is 9.12. The van der Waals surface area contributed by atoms with E-state index in [4.69, 9.17) is 5.73 Å². The number of nitrogens with one attached hydrogen (secondary N) is 1. The van der Waals surface area contributed by atoms with Gasteiger partial charge >= 0.3 is 0 Å². The van der Waals surface area contributed by atoms with Crippen molar-refractivity contribution in [3.63, 3.8) is 0 Å². The minimum Gasteiger partial charge on any atom is -0.508 e. The molecule has 144 valence electrons. The van der Waals surface area contributed by atoms with Gasteiger partial charge in [0.2, 0.25) is 0 Å². The molecular formula is C21H22N4O3. The predicted octanol–water partition coefficient (Wildman–Crippen LogP) is 2.30. The fourth-order valence-corrected chi connectivity index (χ4v) is 3.62. The fourth-order valence-electron chi connectivity index (χ4n) is 3.62. The van der Waals surface area contributed by atoms with Gasteiger partial charge in [0, 0.05) is 48.1 Å². The Morgan fingerprint density at radius 3 is 2.68 bits per heavy atom. The summed E-state index contributed by atoms with van der Waals surface area (Å²) >= 11 is 0. The summed E-state index contributed by atoms with van der Waals surface area (Å²) in [6.45, 7) is 3.58. The second-order valence-electron chi connectivity index (χ2n) is 7.18. The van der Waals surface area contributed by atoms with E-state index in [0.717, 1.165) is 22.4 Å². The molecule has 2 aromatic carbocycles. The molecule has 1 aliphatic rings. The number of anilines is 1. The van der Waals surface area contributed by atoms with Crippen LogP contribution >= 0.6 is 0 Å². The summed E-state index contributed by atoms with van der Waals surface area (Å²) in [7, 11) is 0. The summed E-state index contributed by atoms with van der Waals surface area (Å²) in [5, 5.41) is 19.8. The van der Waals surface area contributed by atoms with Gasteiger partial charge in [0.1, 0.15) is 17.3 Å². The van der Waals surface area contributed by atoms with Gasteiger partial charge in [-0.25, -0.2) is 4.98 Å². The zero-order chi connectivity index (χ0) is 19.8. The van der Waals surface area contributed by atoms with Crippen LogP contribution in [0, 0.1) is 6.92 Å². The van der Waals surface area contributed by atoms with Crippen molar-refractivity contribution in [2.24, 2.45) is 0 Å². The Hall–Kier alpha value is -3.32. The molecule has 1 aromatic heterocycles. The highest BCUT2D eigenvalue weighted by Gasteiger charge is 2.23. The van der Waals surface area contributed by atoms with Crippen LogP contribution < -0.4 is 11.3 Å². The number of nitrogens with two attached hydrogens (primary N) is 1. The summed E-state index contributed by atoms with van der Waals surface area (Å²) in [4.78, 5) is 22.2. The number of benzene rings is 2. The van der Waals surface area contributed by atoms with Crippen LogP contribution in [0.5, 0.6) is 11.5 Å². The zero-order valence-corrected chi connectivity index (χ0v) is 15.6. The van der Waals surface area contributed by atoms with Gasteiger partial charge in [-0.1, -0.05) is 0 Å². The van der Waals surface area contributed by atoms with Crippen LogP contribution in [0.4, 0.5) is 5.69 Å². The highest BCUT2D eigenvalue weighted by atomic mass is 16.3. The van der Waals surface area contributed by atoms with Crippen LogP contribution in [0.25, 0.3) is 11.4 Å². The molecule has 0 saturated carbocycles. The smallest absolute Gasteiger partial charge is 0.254 e. The molecule has 7 nitrogen and oxygen atoms in total. The van der Waals surface area contributed by atoms with Crippen molar-refractivity contribution in [2.45, 2.75) is 26.4 Å². The van der Waals surface area contributed by atoms with Crippen molar-refractivity contribution in [3.05, 3.63) is 69.1 Å². The second kappa shape index (κ2) is 7.01. The molecule has 0 saturated heterocycles. The third kappa shape index (κ3) is 3.44. The summed E-state index contributed by atoms with van der Waals surface area (Å²) in [6, 6.07) is 10.2. The van der Waals surface area contributed by atoms with Crippen molar-refractivity contribution < 1.29 is 10.2 Å². The lowest BCUT2D eigenvalue weighted by Gasteiger charge is -2.28. The lowest BCUT2D eigenvalue weighted by atomic mass is 10.0. The van der Waals surface area contributed by atoms with Crippen molar-refractivity contribution in [2.75, 3.05) is 12.3 Å². The Bertz CT molecular complexity index is 1070. The molecule has 0 aliphatic carbocycles. The Labute approximate surface area is 162 Å². The number of aromatic amines is 1. The number of nitrogens with zero attached hydrogens (tertiary/aromatic N) is 2. The second-order valence-corrected chi connectivity index (χ2v) is 7.18. The van der Waals surface area contributed by atoms with Crippen LogP contribution in [0.3, 0.4) is 0 Å². The van der Waals surface area contributed by atoms with Crippen molar-refractivity contribution in [1.29, 1.82) is 0 Å². The Morgan fingerprint density at radius 2 is 1.96 bits per heavy atom. The molecular weight excluding hydrogens is 356 g/mol. The number of aryl methyl sites for hydroxylation is 1. The molecule has 1 aliphatic heterocycles. The average molecular weight is 378 g/mol. The minimum absolute atomic E-state index is 0.0454. The number of aromatic nitrogens is 2. The molecule has 28 heavy (non-hydrogen) atoms. The van der Waals surface area contributed by atoms with Gasteiger partial charge in [-0.15, -0.1) is 0 Å². The molecule has 0 amide bonds. The standard InChI is InChI=1S/C21H22N4O3/c1-12-8-15(26)9-19(27)17(12)10-25-7-6-16-18(11-25)23-20(24-21(16)28)13-2-4-14(22)5-3-13/h2-5,8-9,26-27H,6-7,10-11,22H2,1H3,(H,23,24,28). The number of rotatable bonds is 3. The Balaban J connectivity index is 1.63. The molecule has 0 bridgehead atoms. The number of phenolic OH excluding ortho intramolecular Hbond substituents is 2. The van der Waals surface area contributed by atoms with E-state index in [-0.39, 0.29) is 17.1 Å². The number of phenols is 2. The van der Waals surface area contributed by atoms with Crippen LogP contribution in [-0.2, 0) is 19.5 Å². The number of H-pyrrole nitrogens is 1. The summed E-state index contributed by atoms with van der Waals surface area (Å²) in [5.74, 6) is 0.642. The highest BCUT2D eigenvalue weighted by molar-refractivity contribution is 5.58. The van der Waals surface area contributed by atoms with Crippen LogP contribution in [0.15, 0.2) is 41.2 Å². The molecule has 2 heterocycles. The Morgan fingerprint density at radius 1 is 1.21 bits per heavy atom. The Kier molecular flexibility index (Phi) is 4.52. The lowest BCUT2D eigenvalue weighted by Crippen LogP contribution is -2.35. The first-order valence-corrected chi connectivity index (χ1v) is 9.12. The van der Waals surface area contributed by atoms with E-state index in [1.54, 1.807) is 18.2 Å². The summed E-state index contributed by atoms with van der Waals surface area (Å²) < 4.78 is 0. The van der Waals surface area contributed by atoms with E-state index in [1.165, 1.54) is 6.07 Å². The average Bonchev–Trinajstić information content (AvgIpc) is 2.65. The maximum atomic E-state index is 12.5. The third-order valence-electron chi connectivity index (χ3n) is 5.15. The van der Waals surface area contributed by atoms with Crippen LogP contribution in [0.2, 0.25) is 0 Å². The van der Waals surface area contributed by atoms with Gasteiger partial charge < -0.3 is 20.9 Å². The van der Waals surface area contributed by atoms with Crippen LogP contribution in [0.1, 0.15) is 22.4 Å². The quantitative estimate of drug-likeness (QED) is 0.520. The van der Waals surface area contributed by atoms with E-state index in [0.29, 0.717) is 43.1 Å². The normalized spacial score (nSPS) is 14.0. The number of nitrogen functional groups attached to an aromatic ring is 1. The first kappa shape index (κ1) is 18.1. The van der Waals surface area contributed by atoms with E-state index in [9.17, 15) is 15.0 Å². The lowest BCUT2D eigenvalue weighted by molar-refractivity contribution is 0.237. The fraction of sp³-hybridized carbons (Fsp3) is 0.238. The van der Waals surface area contributed by atoms with Gasteiger partial charge in [-0.05, 0) is 49.2 Å². The SMILES string of the molecule is Cc1cc(O)cc(O)c1CN1CCc2c(nc(-c3ccc(N)cc3)[nH]c2=O)C1. The zero-order valence-electron chi connectivity index (χ0n) is 15.6. The summed E-state index contributed by atoms with van der Waals surface area (Å²) in [5.41, 5.74) is 10.1. The molecule has 0 fully saturated rings. The molecule has 7 heteroatoms. The first-order chi connectivity index (χ1) is 13.4. The molecule has 0 spiro atoms. The number of fused-ring (bicyclic) bond motifs is 1. The molecule has 0 unspecified atom stereocenters. The topological polar surface area (TPSA) is 115 Å². The predicted molar refractivity (Wildman–Crippen MR) is 107 cm³/mol. The minimum atomic E-state index is -0.111. The maximum Gasteiger partial charge on any atom is 0.254 e. The van der Waals surface area contributed by atoms with E-state index in [1.807, 2.05) is 19.1 Å². The van der Waals surface area contributed by atoms with Crippen molar-refractivity contribution in [1.82, 2.24) is 14.9 Å². The van der Waals surface area contributed by atoms with Gasteiger partial charge in [-0.3, -0.25) is 9.69 Å². The van der Waals surface area contributed by atoms with Crippen molar-refractivity contribution >= 4 is 5.69 Å².